The zero-order chi connectivity index (χ0) is 16.1. The highest BCUT2D eigenvalue weighted by Crippen LogP contribution is 2.33. The minimum absolute atomic E-state index is 0.241. The van der Waals surface area contributed by atoms with Gasteiger partial charge in [0.05, 0.1) is 6.54 Å². The minimum atomic E-state index is -0.493. The highest BCUT2D eigenvalue weighted by Gasteiger charge is 2.28. The maximum atomic E-state index is 12.1. The minimum Gasteiger partial charge on any atom is -0.308 e. The molecule has 1 atom stereocenters. The zero-order valence-electron chi connectivity index (χ0n) is 12.7. The normalized spacial score (nSPS) is 17.8. The molecule has 1 fully saturated rings. The molecule has 6 heteroatoms. The lowest BCUT2D eigenvalue weighted by Crippen LogP contribution is -2.41. The number of likely N-dealkylation sites (tertiary alicyclic amines) is 1. The smallest absolute Gasteiger partial charge is 0.308 e. The van der Waals surface area contributed by atoms with Crippen molar-refractivity contribution in [3.63, 3.8) is 0 Å². The van der Waals surface area contributed by atoms with Gasteiger partial charge in [0.2, 0.25) is 5.91 Å². The molecule has 0 saturated carbocycles. The van der Waals surface area contributed by atoms with Crippen molar-refractivity contribution in [2.75, 3.05) is 18.4 Å². The second-order valence-corrected chi connectivity index (χ2v) is 6.49. The topological polar surface area (TPSA) is 61.4 Å². The number of rotatable bonds is 4. The first-order valence-corrected chi connectivity index (χ1v) is 8.53. The lowest BCUT2D eigenvalue weighted by molar-refractivity contribution is -0.121. The molecule has 2 heterocycles. The number of para-hydroxylation sites is 1. The Labute approximate surface area is 139 Å². The third-order valence-electron chi connectivity index (χ3n) is 3.87. The fourth-order valence-electron chi connectivity index (χ4n) is 2.85. The van der Waals surface area contributed by atoms with Gasteiger partial charge in [-0.3, -0.25) is 15.0 Å². The van der Waals surface area contributed by atoms with E-state index in [0.29, 0.717) is 5.69 Å². The van der Waals surface area contributed by atoms with E-state index < -0.39 is 6.03 Å². The van der Waals surface area contributed by atoms with Crippen LogP contribution in [0.15, 0.2) is 47.8 Å². The van der Waals surface area contributed by atoms with E-state index >= 15 is 0 Å². The predicted octanol–water partition coefficient (Wildman–Crippen LogP) is 3.23. The summed E-state index contributed by atoms with van der Waals surface area (Å²) in [5, 5.41) is 7.10. The van der Waals surface area contributed by atoms with Crippen LogP contribution in [0.3, 0.4) is 0 Å². The highest BCUT2D eigenvalue weighted by atomic mass is 32.1. The monoisotopic (exact) mass is 329 g/mol. The summed E-state index contributed by atoms with van der Waals surface area (Å²) < 4.78 is 0. The van der Waals surface area contributed by atoms with Gasteiger partial charge < -0.3 is 5.32 Å². The number of hydrogen-bond donors (Lipinski definition) is 2. The van der Waals surface area contributed by atoms with Crippen LogP contribution >= 0.6 is 11.3 Å². The first-order valence-electron chi connectivity index (χ1n) is 7.66. The summed E-state index contributed by atoms with van der Waals surface area (Å²) in [4.78, 5) is 27.4. The van der Waals surface area contributed by atoms with E-state index in [1.165, 1.54) is 4.88 Å². The van der Waals surface area contributed by atoms with Crippen molar-refractivity contribution < 1.29 is 9.59 Å². The number of carbonyl (C=O) groups excluding carboxylic acids is 2. The van der Waals surface area contributed by atoms with E-state index in [2.05, 4.69) is 27.0 Å². The molecule has 23 heavy (non-hydrogen) atoms. The number of anilines is 1. The van der Waals surface area contributed by atoms with Crippen LogP contribution in [0.5, 0.6) is 0 Å². The van der Waals surface area contributed by atoms with Gasteiger partial charge in [-0.2, -0.15) is 0 Å². The average Bonchev–Trinajstić information content (AvgIpc) is 3.18. The Morgan fingerprint density at radius 1 is 1.17 bits per heavy atom. The van der Waals surface area contributed by atoms with Gasteiger partial charge in [-0.15, -0.1) is 11.3 Å². The summed E-state index contributed by atoms with van der Waals surface area (Å²) in [6.45, 7) is 1.13. The molecule has 2 N–H and O–H groups in total. The van der Waals surface area contributed by atoms with Crippen LogP contribution < -0.4 is 10.6 Å². The zero-order valence-corrected chi connectivity index (χ0v) is 13.5. The van der Waals surface area contributed by atoms with Crippen LogP contribution in [-0.4, -0.2) is 29.9 Å². The van der Waals surface area contributed by atoms with Gasteiger partial charge >= 0.3 is 6.03 Å². The number of benzene rings is 1. The van der Waals surface area contributed by atoms with Gasteiger partial charge in [0.15, 0.2) is 0 Å². The molecule has 1 aromatic carbocycles. The van der Waals surface area contributed by atoms with Crippen LogP contribution in [-0.2, 0) is 4.79 Å². The van der Waals surface area contributed by atoms with Gasteiger partial charge in [0.25, 0.3) is 0 Å². The number of nitrogens with zero attached hydrogens (tertiary/aromatic N) is 1. The first kappa shape index (κ1) is 15.7. The van der Waals surface area contributed by atoms with Gasteiger partial charge in [-0.1, -0.05) is 24.3 Å². The van der Waals surface area contributed by atoms with Gasteiger partial charge in [-0.25, -0.2) is 4.79 Å². The Bertz CT molecular complexity index is 658. The molecule has 3 amide bonds. The summed E-state index contributed by atoms with van der Waals surface area (Å²) in [5.41, 5.74) is 0.662. The number of urea groups is 1. The molecule has 2 aromatic rings. The van der Waals surface area contributed by atoms with Crippen molar-refractivity contribution in [1.29, 1.82) is 0 Å². The molecule has 0 bridgehead atoms. The lowest BCUT2D eigenvalue weighted by Gasteiger charge is -2.22. The Morgan fingerprint density at radius 2 is 2.00 bits per heavy atom. The van der Waals surface area contributed by atoms with Crippen molar-refractivity contribution in [2.24, 2.45) is 0 Å². The first-order chi connectivity index (χ1) is 11.2. The number of hydrogen-bond acceptors (Lipinski definition) is 4. The molecule has 1 saturated heterocycles. The van der Waals surface area contributed by atoms with Crippen molar-refractivity contribution in [2.45, 2.75) is 18.9 Å². The van der Waals surface area contributed by atoms with Crippen LogP contribution in [0.4, 0.5) is 10.5 Å². The van der Waals surface area contributed by atoms with Crippen molar-refractivity contribution in [1.82, 2.24) is 10.2 Å². The molecule has 0 radical (unpaired) electrons. The summed E-state index contributed by atoms with van der Waals surface area (Å²) in [7, 11) is 0. The molecule has 1 aromatic heterocycles. The van der Waals surface area contributed by atoms with Crippen LogP contribution in [0.25, 0.3) is 0 Å². The average molecular weight is 329 g/mol. The molecule has 0 spiro atoms. The van der Waals surface area contributed by atoms with Gasteiger partial charge in [0.1, 0.15) is 0 Å². The Hall–Kier alpha value is -2.18. The quantitative estimate of drug-likeness (QED) is 0.905. The van der Waals surface area contributed by atoms with Crippen molar-refractivity contribution >= 4 is 29.0 Å². The van der Waals surface area contributed by atoms with E-state index in [4.69, 9.17) is 0 Å². The van der Waals surface area contributed by atoms with E-state index in [9.17, 15) is 9.59 Å². The number of carbonyl (C=O) groups is 2. The molecule has 120 valence electrons. The predicted molar refractivity (Wildman–Crippen MR) is 91.5 cm³/mol. The van der Waals surface area contributed by atoms with Crippen molar-refractivity contribution in [3.8, 4) is 0 Å². The number of thiophene rings is 1. The summed E-state index contributed by atoms with van der Waals surface area (Å²) in [6, 6.07) is 13.0. The third kappa shape index (κ3) is 4.18. The second kappa shape index (κ2) is 7.39. The Balaban J connectivity index is 1.52. The van der Waals surface area contributed by atoms with E-state index in [1.54, 1.807) is 23.5 Å². The van der Waals surface area contributed by atoms with Crippen LogP contribution in [0, 0.1) is 0 Å². The maximum absolute atomic E-state index is 12.1. The van der Waals surface area contributed by atoms with E-state index in [0.717, 1.165) is 19.4 Å². The third-order valence-corrected chi connectivity index (χ3v) is 4.84. The SMILES string of the molecule is O=C(CN1CCC[C@H]1c1cccs1)NC(=O)Nc1ccccc1. The van der Waals surface area contributed by atoms with Gasteiger partial charge in [0, 0.05) is 16.6 Å². The maximum Gasteiger partial charge on any atom is 0.325 e. The molecule has 1 aliphatic rings. The molecule has 0 aliphatic carbocycles. The van der Waals surface area contributed by atoms with E-state index in [1.807, 2.05) is 24.3 Å². The van der Waals surface area contributed by atoms with Crippen molar-refractivity contribution in [3.05, 3.63) is 52.7 Å². The van der Waals surface area contributed by atoms with Crippen LogP contribution in [0.2, 0.25) is 0 Å². The molecule has 3 rings (SSSR count). The molecule has 0 unspecified atom stereocenters. The standard InChI is InChI=1S/C17H19N3O2S/c21-16(19-17(22)18-13-6-2-1-3-7-13)12-20-10-4-8-14(20)15-9-5-11-23-15/h1-3,5-7,9,11,14H,4,8,10,12H2,(H2,18,19,21,22)/t14-/m0/s1. The van der Waals surface area contributed by atoms with Gasteiger partial charge in [-0.05, 0) is 43.0 Å². The molecular formula is C17H19N3O2S. The largest absolute Gasteiger partial charge is 0.325 e. The molecular weight excluding hydrogens is 310 g/mol. The molecule has 1 aliphatic heterocycles. The summed E-state index contributed by atoms with van der Waals surface area (Å²) >= 11 is 1.71. The number of imide groups is 1. The lowest BCUT2D eigenvalue weighted by atomic mass is 10.2. The highest BCUT2D eigenvalue weighted by molar-refractivity contribution is 7.10. The summed E-state index contributed by atoms with van der Waals surface area (Å²) in [5.74, 6) is -0.276. The number of nitrogens with one attached hydrogen (secondary N) is 2. The fraction of sp³-hybridized carbons (Fsp3) is 0.294. The number of amides is 3. The van der Waals surface area contributed by atoms with Crippen LogP contribution in [0.1, 0.15) is 23.8 Å². The summed E-state index contributed by atoms with van der Waals surface area (Å²) in [6.07, 6.45) is 2.13. The Kier molecular flexibility index (Phi) is 5.05. The van der Waals surface area contributed by atoms with E-state index in [-0.39, 0.29) is 18.5 Å². The fourth-order valence-corrected chi connectivity index (χ4v) is 3.75. The molecule has 5 nitrogen and oxygen atoms in total. The second-order valence-electron chi connectivity index (χ2n) is 5.51. The Morgan fingerprint density at radius 3 is 2.74 bits per heavy atom.